The Balaban J connectivity index is 1.99. The molecular formula is C11H14N2O3. The van der Waals surface area contributed by atoms with Crippen molar-refractivity contribution in [3.8, 4) is 0 Å². The van der Waals surface area contributed by atoms with E-state index in [9.17, 15) is 4.79 Å². The van der Waals surface area contributed by atoms with E-state index in [0.717, 1.165) is 5.69 Å². The number of morpholine rings is 1. The molecule has 0 amide bonds. The Hall–Kier alpha value is -1.46. The third-order valence-electron chi connectivity index (χ3n) is 2.53. The van der Waals surface area contributed by atoms with Crippen molar-refractivity contribution in [3.05, 3.63) is 30.1 Å². The number of carbonyl (C=O) groups is 1. The lowest BCUT2D eigenvalue weighted by molar-refractivity contribution is -0.140. The van der Waals surface area contributed by atoms with E-state index < -0.39 is 5.97 Å². The zero-order chi connectivity index (χ0) is 11.4. The Kier molecular flexibility index (Phi) is 3.48. The van der Waals surface area contributed by atoms with Gasteiger partial charge >= 0.3 is 5.97 Å². The third kappa shape index (κ3) is 2.77. The average Bonchev–Trinajstić information content (AvgIpc) is 2.30. The van der Waals surface area contributed by atoms with Gasteiger partial charge in [0.05, 0.1) is 18.8 Å². The molecule has 2 heterocycles. The Labute approximate surface area is 93.7 Å². The van der Waals surface area contributed by atoms with E-state index in [0.29, 0.717) is 19.7 Å². The average molecular weight is 222 g/mol. The molecule has 5 heteroatoms. The summed E-state index contributed by atoms with van der Waals surface area (Å²) in [7, 11) is 0. The van der Waals surface area contributed by atoms with Gasteiger partial charge in [-0.1, -0.05) is 6.07 Å². The molecule has 0 aromatic carbocycles. The van der Waals surface area contributed by atoms with Crippen molar-refractivity contribution in [2.45, 2.75) is 6.10 Å². The molecule has 0 unspecified atom stereocenters. The highest BCUT2D eigenvalue weighted by Crippen LogP contribution is 2.19. The van der Waals surface area contributed by atoms with Gasteiger partial charge in [0.1, 0.15) is 6.10 Å². The number of rotatable bonds is 3. The number of aliphatic carboxylic acids is 1. The minimum atomic E-state index is -0.804. The van der Waals surface area contributed by atoms with Crippen LogP contribution in [0.5, 0.6) is 0 Å². The van der Waals surface area contributed by atoms with Gasteiger partial charge in [0.25, 0.3) is 0 Å². The molecule has 16 heavy (non-hydrogen) atoms. The van der Waals surface area contributed by atoms with Crippen LogP contribution >= 0.6 is 0 Å². The highest BCUT2D eigenvalue weighted by molar-refractivity contribution is 5.69. The van der Waals surface area contributed by atoms with Gasteiger partial charge in [-0.05, 0) is 12.1 Å². The Bertz CT molecular complexity index is 356. The molecule has 1 aliphatic heterocycles. The first-order chi connectivity index (χ1) is 7.75. The van der Waals surface area contributed by atoms with Crippen LogP contribution in [0.25, 0.3) is 0 Å². The number of ether oxygens (including phenoxy) is 1. The molecule has 1 aromatic rings. The maximum Gasteiger partial charge on any atom is 0.317 e. The Morgan fingerprint density at radius 1 is 1.62 bits per heavy atom. The molecule has 1 saturated heterocycles. The summed E-state index contributed by atoms with van der Waals surface area (Å²) in [5.74, 6) is -0.804. The van der Waals surface area contributed by atoms with Gasteiger partial charge in [-0.3, -0.25) is 14.7 Å². The van der Waals surface area contributed by atoms with Crippen LogP contribution in [0.3, 0.4) is 0 Å². The Morgan fingerprint density at radius 2 is 2.50 bits per heavy atom. The minimum Gasteiger partial charge on any atom is -0.480 e. The van der Waals surface area contributed by atoms with Gasteiger partial charge in [0, 0.05) is 19.3 Å². The number of carboxylic acid groups (broad SMARTS) is 1. The number of hydrogen-bond donors (Lipinski definition) is 1. The molecule has 0 bridgehead atoms. The second-order valence-electron chi connectivity index (χ2n) is 3.74. The molecule has 1 N–H and O–H groups in total. The lowest BCUT2D eigenvalue weighted by Crippen LogP contribution is -2.41. The predicted molar refractivity (Wildman–Crippen MR) is 57.0 cm³/mol. The second kappa shape index (κ2) is 5.05. The van der Waals surface area contributed by atoms with Crippen LogP contribution in [0.2, 0.25) is 0 Å². The molecule has 1 aromatic heterocycles. The second-order valence-corrected chi connectivity index (χ2v) is 3.74. The summed E-state index contributed by atoms with van der Waals surface area (Å²) in [6, 6.07) is 5.65. The Morgan fingerprint density at radius 3 is 3.19 bits per heavy atom. The number of nitrogens with zero attached hydrogens (tertiary/aromatic N) is 2. The summed E-state index contributed by atoms with van der Waals surface area (Å²) < 4.78 is 5.58. The molecule has 0 saturated carbocycles. The van der Waals surface area contributed by atoms with Crippen molar-refractivity contribution in [1.82, 2.24) is 9.88 Å². The normalized spacial score (nSPS) is 21.9. The number of carboxylic acids is 1. The first kappa shape index (κ1) is 11.0. The number of aromatic nitrogens is 1. The van der Waals surface area contributed by atoms with Crippen LogP contribution < -0.4 is 0 Å². The van der Waals surface area contributed by atoms with Crippen LogP contribution in [0.4, 0.5) is 0 Å². The van der Waals surface area contributed by atoms with Crippen LogP contribution in [0.1, 0.15) is 11.8 Å². The molecule has 0 radical (unpaired) electrons. The lowest BCUT2D eigenvalue weighted by Gasteiger charge is -2.31. The molecule has 0 spiro atoms. The van der Waals surface area contributed by atoms with Gasteiger partial charge in [0.15, 0.2) is 0 Å². The summed E-state index contributed by atoms with van der Waals surface area (Å²) in [4.78, 5) is 16.7. The van der Waals surface area contributed by atoms with E-state index in [2.05, 4.69) is 4.98 Å². The number of pyridine rings is 1. The van der Waals surface area contributed by atoms with Crippen molar-refractivity contribution < 1.29 is 14.6 Å². The smallest absolute Gasteiger partial charge is 0.317 e. The largest absolute Gasteiger partial charge is 0.480 e. The standard InChI is InChI=1S/C11H14N2O3/c14-11(15)8-13-5-6-16-10(7-13)9-3-1-2-4-12-9/h1-4,10H,5-8H2,(H,14,15)/t10-/m0/s1. The maximum atomic E-state index is 10.6. The van der Waals surface area contributed by atoms with Gasteiger partial charge in [0.2, 0.25) is 0 Å². The van der Waals surface area contributed by atoms with E-state index in [1.165, 1.54) is 0 Å². The van der Waals surface area contributed by atoms with Gasteiger partial charge < -0.3 is 9.84 Å². The molecule has 86 valence electrons. The van der Waals surface area contributed by atoms with Gasteiger partial charge in [-0.2, -0.15) is 0 Å². The van der Waals surface area contributed by atoms with Crippen molar-refractivity contribution in [2.24, 2.45) is 0 Å². The molecule has 5 nitrogen and oxygen atoms in total. The molecule has 1 atom stereocenters. The molecule has 1 fully saturated rings. The SMILES string of the molecule is O=C(O)CN1CCO[C@H](c2ccccn2)C1. The summed E-state index contributed by atoms with van der Waals surface area (Å²) in [5.41, 5.74) is 0.859. The van der Waals surface area contributed by atoms with Gasteiger partial charge in [-0.25, -0.2) is 0 Å². The third-order valence-corrected chi connectivity index (χ3v) is 2.53. The zero-order valence-electron chi connectivity index (χ0n) is 8.87. The van der Waals surface area contributed by atoms with Crippen LogP contribution in [-0.4, -0.2) is 47.2 Å². The summed E-state index contributed by atoms with van der Waals surface area (Å²) in [6.07, 6.45) is 1.60. The molecular weight excluding hydrogens is 208 g/mol. The van der Waals surface area contributed by atoms with E-state index in [1.54, 1.807) is 6.20 Å². The predicted octanol–water partition coefficient (Wildman–Crippen LogP) is 0.539. The summed E-state index contributed by atoms with van der Waals surface area (Å²) >= 11 is 0. The fourth-order valence-electron chi connectivity index (χ4n) is 1.78. The van der Waals surface area contributed by atoms with Crippen LogP contribution in [0.15, 0.2) is 24.4 Å². The van der Waals surface area contributed by atoms with Crippen molar-refractivity contribution in [3.63, 3.8) is 0 Å². The van der Waals surface area contributed by atoms with E-state index in [-0.39, 0.29) is 12.6 Å². The van der Waals surface area contributed by atoms with Crippen molar-refractivity contribution in [1.29, 1.82) is 0 Å². The fraction of sp³-hybridized carbons (Fsp3) is 0.455. The van der Waals surface area contributed by atoms with Gasteiger partial charge in [-0.15, -0.1) is 0 Å². The highest BCUT2D eigenvalue weighted by atomic mass is 16.5. The summed E-state index contributed by atoms with van der Waals surface area (Å²) in [5, 5.41) is 8.72. The van der Waals surface area contributed by atoms with Crippen LogP contribution in [-0.2, 0) is 9.53 Å². The minimum absolute atomic E-state index is 0.0622. The van der Waals surface area contributed by atoms with E-state index in [1.807, 2.05) is 23.1 Å². The molecule has 2 rings (SSSR count). The first-order valence-corrected chi connectivity index (χ1v) is 5.22. The van der Waals surface area contributed by atoms with E-state index in [4.69, 9.17) is 9.84 Å². The monoisotopic (exact) mass is 222 g/mol. The van der Waals surface area contributed by atoms with Crippen molar-refractivity contribution >= 4 is 5.97 Å². The van der Waals surface area contributed by atoms with E-state index >= 15 is 0 Å². The molecule has 0 aliphatic carbocycles. The quantitative estimate of drug-likeness (QED) is 0.808. The first-order valence-electron chi connectivity index (χ1n) is 5.22. The van der Waals surface area contributed by atoms with Crippen LogP contribution in [0, 0.1) is 0 Å². The molecule has 1 aliphatic rings. The zero-order valence-corrected chi connectivity index (χ0v) is 8.87. The maximum absolute atomic E-state index is 10.6. The van der Waals surface area contributed by atoms with Crippen molar-refractivity contribution in [2.75, 3.05) is 26.2 Å². The lowest BCUT2D eigenvalue weighted by atomic mass is 10.2. The highest BCUT2D eigenvalue weighted by Gasteiger charge is 2.23. The summed E-state index contributed by atoms with van der Waals surface area (Å²) in [6.45, 7) is 1.86. The number of hydrogen-bond acceptors (Lipinski definition) is 4. The topological polar surface area (TPSA) is 62.7 Å². The fourth-order valence-corrected chi connectivity index (χ4v) is 1.78.